The van der Waals surface area contributed by atoms with E-state index in [0.29, 0.717) is 26.3 Å². The summed E-state index contributed by atoms with van der Waals surface area (Å²) < 4.78 is 5.25. The van der Waals surface area contributed by atoms with Crippen molar-refractivity contribution in [1.82, 2.24) is 10.2 Å². The predicted octanol–water partition coefficient (Wildman–Crippen LogP) is 0.960. The summed E-state index contributed by atoms with van der Waals surface area (Å²) in [6.07, 6.45) is 0. The van der Waals surface area contributed by atoms with E-state index < -0.39 is 0 Å². The van der Waals surface area contributed by atoms with E-state index in [-0.39, 0.29) is 6.03 Å². The largest absolute Gasteiger partial charge is 0.378 e. The molecule has 1 aromatic rings. The number of hydrogen-bond donors (Lipinski definition) is 2. The summed E-state index contributed by atoms with van der Waals surface area (Å²) in [5, 5.41) is 6.29. The molecule has 2 saturated heterocycles. The first-order valence-electron chi connectivity index (χ1n) is 7.52. The Kier molecular flexibility index (Phi) is 4.57. The monoisotopic (exact) mass is 290 g/mol. The molecule has 0 radical (unpaired) electrons. The van der Waals surface area contributed by atoms with E-state index in [0.717, 1.165) is 31.9 Å². The lowest BCUT2D eigenvalue weighted by molar-refractivity contribution is 0.0564. The molecule has 2 aliphatic heterocycles. The van der Waals surface area contributed by atoms with E-state index in [9.17, 15) is 4.79 Å². The number of carbonyl (C=O) groups excluding carboxylic acids is 1. The van der Waals surface area contributed by atoms with Crippen molar-refractivity contribution < 1.29 is 9.53 Å². The Hall–Kier alpha value is -1.79. The third-order valence-electron chi connectivity index (χ3n) is 3.90. The van der Waals surface area contributed by atoms with Crippen molar-refractivity contribution in [1.29, 1.82) is 0 Å². The van der Waals surface area contributed by atoms with Crippen LogP contribution < -0.4 is 15.5 Å². The maximum absolute atomic E-state index is 12.1. The Morgan fingerprint density at radius 1 is 1.05 bits per heavy atom. The van der Waals surface area contributed by atoms with Crippen molar-refractivity contribution in [3.8, 4) is 0 Å². The quantitative estimate of drug-likeness (QED) is 0.852. The van der Waals surface area contributed by atoms with Crippen LogP contribution in [0.3, 0.4) is 0 Å². The summed E-state index contributed by atoms with van der Waals surface area (Å²) in [7, 11) is 0. The molecule has 0 aliphatic carbocycles. The molecule has 114 valence electrons. The molecule has 2 aliphatic rings. The second kappa shape index (κ2) is 6.78. The molecule has 0 unspecified atom stereocenters. The number of ether oxygens (including phenoxy) is 1. The molecule has 1 aromatic carbocycles. The number of morpholine rings is 1. The average molecular weight is 290 g/mol. The van der Waals surface area contributed by atoms with E-state index >= 15 is 0 Å². The maximum atomic E-state index is 12.1. The minimum absolute atomic E-state index is 0.0479. The van der Waals surface area contributed by atoms with E-state index in [1.54, 1.807) is 4.90 Å². The van der Waals surface area contributed by atoms with E-state index in [1.807, 2.05) is 12.1 Å². The van der Waals surface area contributed by atoms with Crippen molar-refractivity contribution in [2.45, 2.75) is 0 Å². The van der Waals surface area contributed by atoms with Crippen LogP contribution in [-0.4, -0.2) is 63.4 Å². The molecule has 0 spiro atoms. The number of carbonyl (C=O) groups is 1. The van der Waals surface area contributed by atoms with Gasteiger partial charge in [0, 0.05) is 50.6 Å². The minimum Gasteiger partial charge on any atom is -0.378 e. The number of rotatable bonds is 2. The van der Waals surface area contributed by atoms with Gasteiger partial charge >= 0.3 is 6.03 Å². The Labute approximate surface area is 125 Å². The van der Waals surface area contributed by atoms with Crippen LogP contribution >= 0.6 is 0 Å². The van der Waals surface area contributed by atoms with Gasteiger partial charge in [-0.25, -0.2) is 4.79 Å². The lowest BCUT2D eigenvalue weighted by Gasteiger charge is -2.29. The Balaban J connectivity index is 1.57. The molecular weight excluding hydrogens is 268 g/mol. The number of benzene rings is 1. The highest BCUT2D eigenvalue weighted by Crippen LogP contribution is 2.18. The fourth-order valence-corrected chi connectivity index (χ4v) is 2.65. The van der Waals surface area contributed by atoms with E-state index in [2.05, 4.69) is 27.7 Å². The lowest BCUT2D eigenvalue weighted by Crippen LogP contribution is -2.43. The van der Waals surface area contributed by atoms with Gasteiger partial charge in [-0.1, -0.05) is 0 Å². The van der Waals surface area contributed by atoms with Gasteiger partial charge in [-0.05, 0) is 24.3 Å². The highest BCUT2D eigenvalue weighted by molar-refractivity contribution is 5.89. The van der Waals surface area contributed by atoms with Crippen LogP contribution in [-0.2, 0) is 4.74 Å². The van der Waals surface area contributed by atoms with Crippen LogP contribution in [0.25, 0.3) is 0 Å². The van der Waals surface area contributed by atoms with Crippen LogP contribution in [0.15, 0.2) is 24.3 Å². The molecule has 2 N–H and O–H groups in total. The van der Waals surface area contributed by atoms with E-state index in [1.165, 1.54) is 5.69 Å². The number of amides is 2. The van der Waals surface area contributed by atoms with Gasteiger partial charge in [-0.15, -0.1) is 0 Å². The first kappa shape index (κ1) is 14.2. The third-order valence-corrected chi connectivity index (χ3v) is 3.90. The highest BCUT2D eigenvalue weighted by Gasteiger charge is 2.17. The molecule has 0 bridgehead atoms. The highest BCUT2D eigenvalue weighted by atomic mass is 16.5. The molecule has 3 rings (SSSR count). The Morgan fingerprint density at radius 3 is 2.38 bits per heavy atom. The summed E-state index contributed by atoms with van der Waals surface area (Å²) in [6.45, 7) is 6.66. The van der Waals surface area contributed by atoms with Gasteiger partial charge < -0.3 is 25.2 Å². The first-order chi connectivity index (χ1) is 10.3. The smallest absolute Gasteiger partial charge is 0.321 e. The zero-order chi connectivity index (χ0) is 14.5. The van der Waals surface area contributed by atoms with Crippen molar-refractivity contribution in [2.75, 3.05) is 62.7 Å². The second-order valence-electron chi connectivity index (χ2n) is 5.31. The van der Waals surface area contributed by atoms with Crippen molar-refractivity contribution >= 4 is 17.4 Å². The van der Waals surface area contributed by atoms with E-state index in [4.69, 9.17) is 4.74 Å². The average Bonchev–Trinajstić information content (AvgIpc) is 2.57. The van der Waals surface area contributed by atoms with Crippen molar-refractivity contribution in [3.63, 3.8) is 0 Å². The van der Waals surface area contributed by atoms with Gasteiger partial charge in [0.1, 0.15) is 0 Å². The molecule has 0 saturated carbocycles. The minimum atomic E-state index is -0.0479. The van der Waals surface area contributed by atoms with Crippen molar-refractivity contribution in [3.05, 3.63) is 24.3 Å². The fraction of sp³-hybridized carbons (Fsp3) is 0.533. The van der Waals surface area contributed by atoms with Crippen LogP contribution in [0.2, 0.25) is 0 Å². The number of piperazine rings is 1. The molecule has 2 amide bonds. The van der Waals surface area contributed by atoms with Gasteiger partial charge in [-0.2, -0.15) is 0 Å². The van der Waals surface area contributed by atoms with Gasteiger partial charge in [0.15, 0.2) is 0 Å². The molecular formula is C15H22N4O2. The van der Waals surface area contributed by atoms with Crippen molar-refractivity contribution in [2.24, 2.45) is 0 Å². The Bertz CT molecular complexity index is 465. The van der Waals surface area contributed by atoms with Crippen LogP contribution in [0.4, 0.5) is 16.2 Å². The summed E-state index contributed by atoms with van der Waals surface area (Å²) >= 11 is 0. The zero-order valence-electron chi connectivity index (χ0n) is 12.2. The Morgan fingerprint density at radius 2 is 1.71 bits per heavy atom. The maximum Gasteiger partial charge on any atom is 0.321 e. The molecule has 0 aromatic heterocycles. The molecule has 6 heteroatoms. The first-order valence-corrected chi connectivity index (χ1v) is 7.52. The normalized spacial score (nSPS) is 19.4. The predicted molar refractivity (Wildman–Crippen MR) is 82.9 cm³/mol. The van der Waals surface area contributed by atoms with Gasteiger partial charge in [-0.3, -0.25) is 0 Å². The van der Waals surface area contributed by atoms with Crippen LogP contribution in [0, 0.1) is 0 Å². The van der Waals surface area contributed by atoms with Gasteiger partial charge in [0.25, 0.3) is 0 Å². The van der Waals surface area contributed by atoms with Gasteiger partial charge in [0.05, 0.1) is 13.2 Å². The molecule has 0 atom stereocenters. The number of nitrogens with one attached hydrogen (secondary N) is 2. The second-order valence-corrected chi connectivity index (χ2v) is 5.31. The number of urea groups is 1. The number of hydrogen-bond acceptors (Lipinski definition) is 4. The third kappa shape index (κ3) is 3.65. The molecule has 6 nitrogen and oxygen atoms in total. The van der Waals surface area contributed by atoms with Crippen LogP contribution in [0.5, 0.6) is 0 Å². The molecule has 21 heavy (non-hydrogen) atoms. The summed E-state index contributed by atoms with van der Waals surface area (Å²) in [6, 6.07) is 8.03. The number of anilines is 2. The molecule has 2 fully saturated rings. The topological polar surface area (TPSA) is 56.8 Å². The summed E-state index contributed by atoms with van der Waals surface area (Å²) in [4.78, 5) is 16.2. The lowest BCUT2D eigenvalue weighted by atomic mass is 10.2. The summed E-state index contributed by atoms with van der Waals surface area (Å²) in [5.74, 6) is 0. The number of nitrogens with zero attached hydrogens (tertiary/aromatic N) is 2. The fourth-order valence-electron chi connectivity index (χ4n) is 2.65. The summed E-state index contributed by atoms with van der Waals surface area (Å²) in [5.41, 5.74) is 2.05. The molecule has 2 heterocycles. The van der Waals surface area contributed by atoms with Gasteiger partial charge in [0.2, 0.25) is 0 Å². The standard InChI is InChI=1S/C15H22N4O2/c20-15(19-9-11-21-12-10-19)17-13-1-3-14(4-2-13)18-7-5-16-6-8-18/h1-4,16H,5-12H2,(H,17,20). The van der Waals surface area contributed by atoms with Crippen LogP contribution in [0.1, 0.15) is 0 Å². The SMILES string of the molecule is O=C(Nc1ccc(N2CCNCC2)cc1)N1CCOCC1. The zero-order valence-corrected chi connectivity index (χ0v) is 12.2.